The van der Waals surface area contributed by atoms with Gasteiger partial charge in [0.1, 0.15) is 0 Å². The number of amides is 1. The number of Topliss-reactive ketones (excluding diaryl/α,β-unsaturated/α-hetero) is 1. The first-order chi connectivity index (χ1) is 11.3. The third-order valence-corrected chi connectivity index (χ3v) is 4.86. The minimum absolute atomic E-state index is 0.0136. The number of phenolic OH excluding ortho intramolecular Hbond substituents is 2. The molecule has 0 saturated carbocycles. The van der Waals surface area contributed by atoms with Crippen molar-refractivity contribution in [1.82, 2.24) is 5.32 Å². The van der Waals surface area contributed by atoms with Gasteiger partial charge in [0, 0.05) is 6.54 Å². The van der Waals surface area contributed by atoms with Crippen LogP contribution in [0.4, 0.5) is 0 Å². The van der Waals surface area contributed by atoms with Crippen molar-refractivity contribution in [3.63, 3.8) is 0 Å². The highest BCUT2D eigenvalue weighted by Crippen LogP contribution is 2.36. The van der Waals surface area contributed by atoms with Crippen molar-refractivity contribution in [1.29, 1.82) is 0 Å². The van der Waals surface area contributed by atoms with Gasteiger partial charge in [-0.25, -0.2) is 0 Å². The Balaban J connectivity index is 2.87. The Morgan fingerprint density at radius 3 is 2.21 bits per heavy atom. The molecule has 0 radical (unpaired) electrons. The molecule has 0 heterocycles. The molecule has 1 aromatic carbocycles. The molecule has 0 unspecified atom stereocenters. The second kappa shape index (κ2) is 8.92. The number of nitrogens with one attached hydrogen (secondary N) is 1. The van der Waals surface area contributed by atoms with Gasteiger partial charge in [0.05, 0.1) is 10.6 Å². The van der Waals surface area contributed by atoms with Gasteiger partial charge in [0.25, 0.3) is 11.7 Å². The topological polar surface area (TPSA) is 86.6 Å². The zero-order valence-corrected chi connectivity index (χ0v) is 15.2. The minimum atomic E-state index is -0.826. The minimum Gasteiger partial charge on any atom is -0.504 e. The first kappa shape index (κ1) is 20.3. The monoisotopic (exact) mass is 355 g/mol. The fourth-order valence-corrected chi connectivity index (χ4v) is 3.29. The van der Waals surface area contributed by atoms with Gasteiger partial charge < -0.3 is 15.5 Å². The molecular weight excluding hydrogens is 330 g/mol. The SMILES string of the molecule is CCCC(CC)(CCC)CNC(=O)C(=O)c1ccc(O)c(O)c1Cl. The Labute approximate surface area is 148 Å². The average Bonchev–Trinajstić information content (AvgIpc) is 2.57. The maximum atomic E-state index is 12.3. The van der Waals surface area contributed by atoms with Crippen LogP contribution in [-0.4, -0.2) is 28.4 Å². The van der Waals surface area contributed by atoms with E-state index in [1.165, 1.54) is 6.07 Å². The Bertz CT molecular complexity index is 595. The number of hydrogen-bond acceptors (Lipinski definition) is 4. The number of benzene rings is 1. The molecule has 0 spiro atoms. The molecule has 0 atom stereocenters. The van der Waals surface area contributed by atoms with E-state index >= 15 is 0 Å². The molecule has 1 amide bonds. The molecule has 1 aromatic rings. The van der Waals surface area contributed by atoms with Crippen LogP contribution in [0.15, 0.2) is 12.1 Å². The normalized spacial score (nSPS) is 11.3. The summed E-state index contributed by atoms with van der Waals surface area (Å²) < 4.78 is 0. The molecule has 0 aliphatic rings. The molecule has 1 rings (SSSR count). The van der Waals surface area contributed by atoms with E-state index in [1.54, 1.807) is 0 Å². The lowest BCUT2D eigenvalue weighted by Crippen LogP contribution is -2.40. The summed E-state index contributed by atoms with van der Waals surface area (Å²) in [6, 6.07) is 2.36. The second-order valence-electron chi connectivity index (χ2n) is 6.16. The molecule has 0 bridgehead atoms. The summed E-state index contributed by atoms with van der Waals surface area (Å²) in [4.78, 5) is 24.5. The van der Waals surface area contributed by atoms with Crippen LogP contribution in [-0.2, 0) is 4.79 Å². The van der Waals surface area contributed by atoms with Crippen molar-refractivity contribution >= 4 is 23.3 Å². The van der Waals surface area contributed by atoms with Crippen LogP contribution in [0, 0.1) is 5.41 Å². The zero-order valence-electron chi connectivity index (χ0n) is 14.5. The molecule has 0 aromatic heterocycles. The second-order valence-corrected chi connectivity index (χ2v) is 6.54. The van der Waals surface area contributed by atoms with E-state index in [1.807, 2.05) is 0 Å². The summed E-state index contributed by atoms with van der Waals surface area (Å²) in [7, 11) is 0. The van der Waals surface area contributed by atoms with Crippen molar-refractivity contribution in [3.8, 4) is 11.5 Å². The fraction of sp³-hybridized carbons (Fsp3) is 0.556. The highest BCUT2D eigenvalue weighted by molar-refractivity contribution is 6.47. The van der Waals surface area contributed by atoms with E-state index in [4.69, 9.17) is 11.6 Å². The zero-order chi connectivity index (χ0) is 18.3. The number of halogens is 1. The van der Waals surface area contributed by atoms with Crippen LogP contribution in [0.3, 0.4) is 0 Å². The van der Waals surface area contributed by atoms with E-state index < -0.39 is 23.2 Å². The predicted molar refractivity (Wildman–Crippen MR) is 94.7 cm³/mol. The number of ketones is 1. The molecular formula is C18H26ClNO4. The quantitative estimate of drug-likeness (QED) is 0.354. The molecule has 0 aliphatic heterocycles. The van der Waals surface area contributed by atoms with Gasteiger partial charge in [0.15, 0.2) is 11.5 Å². The number of hydrogen-bond donors (Lipinski definition) is 3. The van der Waals surface area contributed by atoms with E-state index in [0.717, 1.165) is 38.2 Å². The van der Waals surface area contributed by atoms with Crippen LogP contribution in [0.5, 0.6) is 11.5 Å². The third kappa shape index (κ3) is 4.63. The molecule has 0 saturated heterocycles. The Hall–Kier alpha value is -1.75. The molecule has 0 fully saturated rings. The lowest BCUT2D eigenvalue weighted by Gasteiger charge is -2.32. The van der Waals surface area contributed by atoms with Gasteiger partial charge in [-0.1, -0.05) is 45.2 Å². The van der Waals surface area contributed by atoms with Crippen molar-refractivity contribution in [2.75, 3.05) is 6.54 Å². The lowest BCUT2D eigenvalue weighted by atomic mass is 9.77. The molecule has 3 N–H and O–H groups in total. The predicted octanol–water partition coefficient (Wildman–Crippen LogP) is 4.05. The van der Waals surface area contributed by atoms with E-state index in [9.17, 15) is 19.8 Å². The highest BCUT2D eigenvalue weighted by Gasteiger charge is 2.29. The number of aromatic hydroxyl groups is 2. The van der Waals surface area contributed by atoms with E-state index in [2.05, 4.69) is 26.1 Å². The Kier molecular flexibility index (Phi) is 7.55. The summed E-state index contributed by atoms with van der Waals surface area (Å²) in [5, 5.41) is 21.3. The van der Waals surface area contributed by atoms with Crippen molar-refractivity contribution in [3.05, 3.63) is 22.7 Å². The van der Waals surface area contributed by atoms with Crippen LogP contribution in [0.2, 0.25) is 5.02 Å². The number of rotatable bonds is 9. The molecule has 24 heavy (non-hydrogen) atoms. The third-order valence-electron chi connectivity index (χ3n) is 4.48. The lowest BCUT2D eigenvalue weighted by molar-refractivity contribution is -0.117. The van der Waals surface area contributed by atoms with Gasteiger partial charge in [-0.05, 0) is 36.8 Å². The summed E-state index contributed by atoms with van der Waals surface area (Å²) in [5.41, 5.74) is -0.141. The van der Waals surface area contributed by atoms with E-state index in [-0.39, 0.29) is 16.0 Å². The van der Waals surface area contributed by atoms with Gasteiger partial charge in [-0.3, -0.25) is 9.59 Å². The first-order valence-corrected chi connectivity index (χ1v) is 8.72. The van der Waals surface area contributed by atoms with Crippen LogP contribution >= 0.6 is 11.6 Å². The van der Waals surface area contributed by atoms with Gasteiger partial charge in [-0.15, -0.1) is 0 Å². The Morgan fingerprint density at radius 1 is 1.12 bits per heavy atom. The van der Waals surface area contributed by atoms with Gasteiger partial charge in [-0.2, -0.15) is 0 Å². The van der Waals surface area contributed by atoms with Gasteiger partial charge in [0.2, 0.25) is 0 Å². The number of phenols is 2. The fourth-order valence-electron chi connectivity index (χ4n) is 3.04. The smallest absolute Gasteiger partial charge is 0.292 e. The standard InChI is InChI=1S/C18H26ClNO4/c1-4-9-18(6-3,10-5-2)11-20-17(24)15(22)12-7-8-13(21)16(23)14(12)19/h7-8,21,23H,4-6,9-11H2,1-3H3,(H,20,24). The summed E-state index contributed by atoms with van der Waals surface area (Å²) in [6.45, 7) is 6.73. The molecule has 134 valence electrons. The summed E-state index contributed by atoms with van der Waals surface area (Å²) >= 11 is 5.84. The largest absolute Gasteiger partial charge is 0.504 e. The molecule has 5 nitrogen and oxygen atoms in total. The average molecular weight is 356 g/mol. The van der Waals surface area contributed by atoms with Crippen molar-refractivity contribution in [2.45, 2.75) is 52.9 Å². The van der Waals surface area contributed by atoms with Crippen LogP contribution in [0.25, 0.3) is 0 Å². The van der Waals surface area contributed by atoms with Crippen LogP contribution in [0.1, 0.15) is 63.2 Å². The maximum Gasteiger partial charge on any atom is 0.292 e. The van der Waals surface area contributed by atoms with Crippen LogP contribution < -0.4 is 5.32 Å². The summed E-state index contributed by atoms with van der Waals surface area (Å²) in [6.07, 6.45) is 4.90. The summed E-state index contributed by atoms with van der Waals surface area (Å²) in [5.74, 6) is -2.62. The van der Waals surface area contributed by atoms with E-state index in [0.29, 0.717) is 6.54 Å². The Morgan fingerprint density at radius 2 is 1.71 bits per heavy atom. The molecule has 0 aliphatic carbocycles. The molecule has 6 heteroatoms. The number of carbonyl (C=O) groups is 2. The highest BCUT2D eigenvalue weighted by atomic mass is 35.5. The number of carbonyl (C=O) groups excluding carboxylic acids is 2. The van der Waals surface area contributed by atoms with Crippen molar-refractivity contribution < 1.29 is 19.8 Å². The maximum absolute atomic E-state index is 12.3. The van der Waals surface area contributed by atoms with Gasteiger partial charge >= 0.3 is 0 Å². The van der Waals surface area contributed by atoms with Crippen molar-refractivity contribution in [2.24, 2.45) is 5.41 Å². The first-order valence-electron chi connectivity index (χ1n) is 8.34.